The Labute approximate surface area is 246 Å². The van der Waals surface area contributed by atoms with Crippen LogP contribution >= 0.6 is 0 Å². The molecule has 2 heterocycles. The van der Waals surface area contributed by atoms with Gasteiger partial charge in [0.15, 0.2) is 0 Å². The monoisotopic (exact) mass is 532 g/mol. The summed E-state index contributed by atoms with van der Waals surface area (Å²) in [6.45, 7) is 6.47. The van der Waals surface area contributed by atoms with Gasteiger partial charge in [-0.1, -0.05) is 25.9 Å². The number of rotatable bonds is 7. The third-order valence-electron chi connectivity index (χ3n) is 6.55. The summed E-state index contributed by atoms with van der Waals surface area (Å²) in [5.74, 6) is 0.850. The van der Waals surface area contributed by atoms with Crippen molar-refractivity contribution in [3.8, 4) is 12.0 Å². The summed E-state index contributed by atoms with van der Waals surface area (Å²) < 4.78 is 11.5. The van der Waals surface area contributed by atoms with Crippen LogP contribution in [0.15, 0.2) is 29.9 Å². The van der Waals surface area contributed by atoms with Gasteiger partial charge in [-0.2, -0.15) is 0 Å². The summed E-state index contributed by atoms with van der Waals surface area (Å²) in [6, 6.07) is 1.11. The predicted octanol–water partition coefficient (Wildman–Crippen LogP) is 3.91. The SMILES string of the molecule is CCc1cnc(OC2CCC(C)CC2)nc1.CCc1cnc(OC2CCC(N=[N+]=[N-])CC2)nc1.[N-]=[N+]=[N-].[Na+]. The van der Waals surface area contributed by atoms with E-state index in [9.17, 15) is 0 Å². The Hall–Kier alpha value is -2.62. The van der Waals surface area contributed by atoms with E-state index < -0.39 is 0 Å². The van der Waals surface area contributed by atoms with E-state index in [1.54, 1.807) is 12.4 Å². The zero-order valence-corrected chi connectivity index (χ0v) is 25.0. The average Bonchev–Trinajstić information content (AvgIpc) is 2.93. The summed E-state index contributed by atoms with van der Waals surface area (Å²) >= 11 is 0. The van der Waals surface area contributed by atoms with Crippen molar-refractivity contribution in [3.63, 3.8) is 0 Å². The van der Waals surface area contributed by atoms with E-state index in [2.05, 4.69) is 50.7 Å². The van der Waals surface area contributed by atoms with Crippen LogP contribution in [0, 0.1) is 5.92 Å². The minimum Gasteiger partial charge on any atom is -0.460 e. The third kappa shape index (κ3) is 12.8. The van der Waals surface area contributed by atoms with E-state index in [-0.39, 0.29) is 41.7 Å². The van der Waals surface area contributed by atoms with E-state index in [0.29, 0.717) is 18.1 Å². The van der Waals surface area contributed by atoms with Gasteiger partial charge in [0.2, 0.25) is 0 Å². The molecular formula is C25H37N10NaO2. The Morgan fingerprint density at radius 1 is 0.737 bits per heavy atom. The Kier molecular flexibility index (Phi) is 17.1. The summed E-state index contributed by atoms with van der Waals surface area (Å²) in [4.78, 5) is 21.2. The van der Waals surface area contributed by atoms with Crippen molar-refractivity contribution in [1.29, 1.82) is 0 Å². The van der Waals surface area contributed by atoms with Crippen LogP contribution in [0.3, 0.4) is 0 Å². The molecule has 38 heavy (non-hydrogen) atoms. The van der Waals surface area contributed by atoms with Gasteiger partial charge in [-0.15, -0.1) is 0 Å². The second-order valence-corrected chi connectivity index (χ2v) is 9.30. The number of hydrogen-bond donors (Lipinski definition) is 0. The van der Waals surface area contributed by atoms with Gasteiger partial charge in [-0.3, -0.25) is 4.91 Å². The summed E-state index contributed by atoms with van der Waals surface area (Å²) in [5, 5.41) is 3.74. The molecular weight excluding hydrogens is 495 g/mol. The third-order valence-corrected chi connectivity index (χ3v) is 6.55. The number of azide groups is 1. The smallest absolute Gasteiger partial charge is 0.460 e. The maximum atomic E-state index is 8.38. The van der Waals surface area contributed by atoms with E-state index in [0.717, 1.165) is 68.4 Å². The molecule has 0 atom stereocenters. The largest absolute Gasteiger partial charge is 1.00 e. The maximum Gasteiger partial charge on any atom is 1.00 e. The zero-order chi connectivity index (χ0) is 26.9. The van der Waals surface area contributed by atoms with E-state index in [1.807, 2.05) is 12.4 Å². The molecule has 0 bridgehead atoms. The molecule has 0 aromatic carbocycles. The molecule has 2 saturated carbocycles. The minimum atomic E-state index is 0. The Morgan fingerprint density at radius 3 is 1.45 bits per heavy atom. The molecule has 200 valence electrons. The fraction of sp³-hybridized carbons (Fsp3) is 0.680. The molecule has 0 spiro atoms. The molecule has 12 nitrogen and oxygen atoms in total. The summed E-state index contributed by atoms with van der Waals surface area (Å²) in [5.41, 5.74) is 24.1. The van der Waals surface area contributed by atoms with Gasteiger partial charge in [0.05, 0.1) is 0 Å². The Bertz CT molecular complexity index is 980. The van der Waals surface area contributed by atoms with Gasteiger partial charge in [0.1, 0.15) is 12.2 Å². The molecule has 2 aromatic heterocycles. The van der Waals surface area contributed by atoms with Gasteiger partial charge < -0.3 is 20.5 Å². The topological polar surface area (TPSA) is 177 Å². The molecule has 0 aliphatic heterocycles. The van der Waals surface area contributed by atoms with Crippen molar-refractivity contribution in [2.45, 2.75) is 103 Å². The van der Waals surface area contributed by atoms with Crippen molar-refractivity contribution in [1.82, 2.24) is 19.9 Å². The minimum absolute atomic E-state index is 0. The zero-order valence-electron chi connectivity index (χ0n) is 23.0. The molecule has 0 N–H and O–H groups in total. The number of aromatic nitrogens is 4. The standard InChI is InChI=1S/C13H20N2O.C12H17N5O.N3.Na/c1-3-11-8-14-13(15-9-11)16-12-6-4-10(2)5-7-12;1-2-9-7-14-12(15-8-9)18-11-5-3-10(4-6-11)16-17-13;1-3-2;/h8-10,12H,3-7H2,1-2H3;7-8,10-11H,2-6H2,1H3;;/q;;-1;+1. The molecule has 2 fully saturated rings. The number of ether oxygens (including phenoxy) is 2. The van der Waals surface area contributed by atoms with Crippen LogP contribution in [0.5, 0.6) is 12.0 Å². The van der Waals surface area contributed by atoms with E-state index in [1.165, 1.54) is 17.8 Å². The van der Waals surface area contributed by atoms with Crippen LogP contribution in [-0.4, -0.2) is 38.2 Å². The number of aryl methyl sites for hydroxylation is 2. The molecule has 0 amide bonds. The normalized spacial score (nSPS) is 21.9. The second-order valence-electron chi connectivity index (χ2n) is 9.30. The van der Waals surface area contributed by atoms with E-state index >= 15 is 0 Å². The summed E-state index contributed by atoms with van der Waals surface area (Å²) in [6.07, 6.45) is 18.0. The van der Waals surface area contributed by atoms with Crippen molar-refractivity contribution < 1.29 is 39.0 Å². The van der Waals surface area contributed by atoms with Gasteiger partial charge >= 0.3 is 41.6 Å². The van der Waals surface area contributed by atoms with E-state index in [4.69, 9.17) is 26.1 Å². The molecule has 0 unspecified atom stereocenters. The van der Waals surface area contributed by atoms with Gasteiger partial charge in [-0.05, 0) is 86.8 Å². The molecule has 4 rings (SSSR count). The first-order chi connectivity index (χ1) is 18.0. The number of nitrogens with zero attached hydrogens (tertiary/aromatic N) is 10. The Balaban J connectivity index is 0.000000338. The molecule has 13 heteroatoms. The maximum absolute atomic E-state index is 8.38. The first-order valence-electron chi connectivity index (χ1n) is 13.0. The fourth-order valence-electron chi connectivity index (χ4n) is 4.17. The molecule has 2 aliphatic carbocycles. The van der Waals surface area contributed by atoms with Gasteiger partial charge in [0, 0.05) is 35.7 Å². The quantitative estimate of drug-likeness (QED) is 0.226. The Morgan fingerprint density at radius 2 is 1.11 bits per heavy atom. The molecule has 2 aromatic rings. The number of hydrogen-bond acceptors (Lipinski definition) is 7. The van der Waals surface area contributed by atoms with Gasteiger partial charge in [0.25, 0.3) is 0 Å². The molecule has 2 aliphatic rings. The van der Waals surface area contributed by atoms with Crippen LogP contribution < -0.4 is 39.0 Å². The van der Waals surface area contributed by atoms with Crippen molar-refractivity contribution in [3.05, 3.63) is 62.3 Å². The first-order valence-corrected chi connectivity index (χ1v) is 13.0. The second kappa shape index (κ2) is 19.4. The van der Waals surface area contributed by atoms with Crippen molar-refractivity contribution in [2.24, 2.45) is 11.0 Å². The fourth-order valence-corrected chi connectivity index (χ4v) is 4.17. The molecule has 0 radical (unpaired) electrons. The van der Waals surface area contributed by atoms with Crippen LogP contribution in [0.2, 0.25) is 0 Å². The molecule has 0 saturated heterocycles. The van der Waals surface area contributed by atoms with Crippen LogP contribution in [0.25, 0.3) is 26.4 Å². The van der Waals surface area contributed by atoms with Gasteiger partial charge in [-0.25, -0.2) is 19.9 Å². The summed E-state index contributed by atoms with van der Waals surface area (Å²) in [7, 11) is 0. The average molecular weight is 533 g/mol. The van der Waals surface area contributed by atoms with Crippen LogP contribution in [0.1, 0.15) is 83.3 Å². The van der Waals surface area contributed by atoms with Crippen LogP contribution in [0.4, 0.5) is 0 Å². The van der Waals surface area contributed by atoms with Crippen molar-refractivity contribution >= 4 is 0 Å². The predicted molar refractivity (Wildman–Crippen MR) is 141 cm³/mol. The van der Waals surface area contributed by atoms with Crippen molar-refractivity contribution in [2.75, 3.05) is 0 Å². The van der Waals surface area contributed by atoms with Crippen LogP contribution in [-0.2, 0) is 12.8 Å². The first kappa shape index (κ1) is 33.4.